The minimum atomic E-state index is 0.102. The lowest BCUT2D eigenvalue weighted by Gasteiger charge is -2.29. The van der Waals surface area contributed by atoms with E-state index in [1.807, 2.05) is 12.1 Å². The number of ether oxygens (including phenoxy) is 1. The number of benzene rings is 1. The van der Waals surface area contributed by atoms with Crippen molar-refractivity contribution in [2.24, 2.45) is 0 Å². The van der Waals surface area contributed by atoms with Crippen molar-refractivity contribution in [3.8, 4) is 11.5 Å². The molecular weight excluding hydrogens is 214 g/mol. The van der Waals surface area contributed by atoms with Crippen LogP contribution in [0.4, 0.5) is 0 Å². The quantitative estimate of drug-likeness (QED) is 0.826. The molecule has 0 aliphatic heterocycles. The normalized spacial score (nSPS) is 13.5. The maximum absolute atomic E-state index is 9.55. The number of aromatic hydroxyl groups is 1. The molecule has 1 aromatic carbocycles. The van der Waals surface area contributed by atoms with Crippen molar-refractivity contribution in [3.05, 3.63) is 23.8 Å². The molecule has 0 heterocycles. The summed E-state index contributed by atoms with van der Waals surface area (Å²) in [4.78, 5) is 0. The standard InChI is InChI=1S/C14H23NO2/c1-6-14(3,4)15-10(2)11-7-8-12(16)13(9-11)17-5/h7-10,15-16H,6H2,1-5H3. The highest BCUT2D eigenvalue weighted by Crippen LogP contribution is 2.29. The molecule has 17 heavy (non-hydrogen) atoms. The summed E-state index contributed by atoms with van der Waals surface area (Å²) < 4.78 is 5.11. The van der Waals surface area contributed by atoms with Gasteiger partial charge < -0.3 is 15.2 Å². The molecule has 1 aromatic rings. The smallest absolute Gasteiger partial charge is 0.160 e. The number of phenolic OH excluding ortho intramolecular Hbond substituents is 1. The second kappa shape index (κ2) is 5.41. The van der Waals surface area contributed by atoms with Gasteiger partial charge in [-0.2, -0.15) is 0 Å². The Morgan fingerprint density at radius 1 is 1.41 bits per heavy atom. The molecule has 0 amide bonds. The zero-order valence-electron chi connectivity index (χ0n) is 11.4. The first-order valence-electron chi connectivity index (χ1n) is 6.04. The molecule has 3 nitrogen and oxygen atoms in total. The number of phenols is 1. The van der Waals surface area contributed by atoms with Gasteiger partial charge in [-0.05, 0) is 44.9 Å². The Morgan fingerprint density at radius 2 is 2.06 bits per heavy atom. The van der Waals surface area contributed by atoms with Gasteiger partial charge in [0.05, 0.1) is 7.11 Å². The highest BCUT2D eigenvalue weighted by molar-refractivity contribution is 5.42. The van der Waals surface area contributed by atoms with Crippen LogP contribution < -0.4 is 10.1 Å². The number of hydrogen-bond donors (Lipinski definition) is 2. The molecule has 0 spiro atoms. The predicted molar refractivity (Wildman–Crippen MR) is 70.6 cm³/mol. The summed E-state index contributed by atoms with van der Waals surface area (Å²) in [6.45, 7) is 8.64. The molecule has 0 aliphatic rings. The monoisotopic (exact) mass is 237 g/mol. The fraction of sp³-hybridized carbons (Fsp3) is 0.571. The van der Waals surface area contributed by atoms with Crippen molar-refractivity contribution >= 4 is 0 Å². The van der Waals surface area contributed by atoms with Crippen LogP contribution in [0.3, 0.4) is 0 Å². The van der Waals surface area contributed by atoms with Gasteiger partial charge in [-0.1, -0.05) is 13.0 Å². The van der Waals surface area contributed by atoms with Gasteiger partial charge in [0.15, 0.2) is 11.5 Å². The van der Waals surface area contributed by atoms with E-state index in [0.29, 0.717) is 5.75 Å². The Morgan fingerprint density at radius 3 is 2.59 bits per heavy atom. The summed E-state index contributed by atoms with van der Waals surface area (Å²) >= 11 is 0. The summed E-state index contributed by atoms with van der Waals surface area (Å²) in [5.41, 5.74) is 1.21. The van der Waals surface area contributed by atoms with Gasteiger partial charge in [0.1, 0.15) is 0 Å². The van der Waals surface area contributed by atoms with Crippen LogP contribution in [-0.4, -0.2) is 17.8 Å². The maximum Gasteiger partial charge on any atom is 0.160 e. The van der Waals surface area contributed by atoms with Gasteiger partial charge in [-0.3, -0.25) is 0 Å². The Bertz CT molecular complexity index is 374. The van der Waals surface area contributed by atoms with Gasteiger partial charge in [0, 0.05) is 11.6 Å². The average Bonchev–Trinajstić information content (AvgIpc) is 2.29. The molecule has 0 aromatic heterocycles. The molecule has 96 valence electrons. The van der Waals surface area contributed by atoms with Gasteiger partial charge in [0.2, 0.25) is 0 Å². The lowest BCUT2D eigenvalue weighted by atomic mass is 9.98. The highest BCUT2D eigenvalue weighted by Gasteiger charge is 2.19. The Hall–Kier alpha value is -1.22. The molecule has 0 fully saturated rings. The van der Waals surface area contributed by atoms with Crippen LogP contribution in [-0.2, 0) is 0 Å². The fourth-order valence-corrected chi connectivity index (χ4v) is 1.74. The van der Waals surface area contributed by atoms with Crippen molar-refractivity contribution in [1.29, 1.82) is 0 Å². The molecular formula is C14H23NO2. The van der Waals surface area contributed by atoms with Crippen molar-refractivity contribution in [2.45, 2.75) is 45.7 Å². The first-order chi connectivity index (χ1) is 7.89. The largest absolute Gasteiger partial charge is 0.504 e. The van der Waals surface area contributed by atoms with E-state index in [-0.39, 0.29) is 17.3 Å². The Balaban J connectivity index is 2.86. The second-order valence-electron chi connectivity index (χ2n) is 5.03. The second-order valence-corrected chi connectivity index (χ2v) is 5.03. The summed E-state index contributed by atoms with van der Waals surface area (Å²) in [6, 6.07) is 5.69. The number of nitrogens with one attached hydrogen (secondary N) is 1. The van der Waals surface area contributed by atoms with Crippen molar-refractivity contribution in [1.82, 2.24) is 5.32 Å². The summed E-state index contributed by atoms with van der Waals surface area (Å²) in [5, 5.41) is 13.1. The van der Waals surface area contributed by atoms with Gasteiger partial charge in [-0.15, -0.1) is 0 Å². The number of rotatable bonds is 5. The first kappa shape index (κ1) is 13.8. The van der Waals surface area contributed by atoms with Crippen LogP contribution >= 0.6 is 0 Å². The SMILES string of the molecule is CCC(C)(C)NC(C)c1ccc(O)c(OC)c1. The van der Waals surface area contributed by atoms with Crippen LogP contribution in [0.15, 0.2) is 18.2 Å². The maximum atomic E-state index is 9.55. The van der Waals surface area contributed by atoms with Crippen LogP contribution in [0.25, 0.3) is 0 Å². The van der Waals surface area contributed by atoms with Crippen LogP contribution in [0.1, 0.15) is 45.7 Å². The molecule has 1 unspecified atom stereocenters. The van der Waals surface area contributed by atoms with Crippen molar-refractivity contribution < 1.29 is 9.84 Å². The van der Waals surface area contributed by atoms with Gasteiger partial charge in [0.25, 0.3) is 0 Å². The lowest BCUT2D eigenvalue weighted by molar-refractivity contribution is 0.335. The van der Waals surface area contributed by atoms with Crippen molar-refractivity contribution in [3.63, 3.8) is 0 Å². The zero-order chi connectivity index (χ0) is 13.1. The van der Waals surface area contributed by atoms with E-state index < -0.39 is 0 Å². The van der Waals surface area contributed by atoms with Crippen LogP contribution in [0.2, 0.25) is 0 Å². The summed E-state index contributed by atoms with van der Waals surface area (Å²) in [6.07, 6.45) is 1.06. The molecule has 1 atom stereocenters. The Labute approximate surface area is 104 Å². The van der Waals surface area contributed by atoms with Crippen LogP contribution in [0, 0.1) is 0 Å². The predicted octanol–water partition coefficient (Wildman–Crippen LogP) is 3.24. The molecule has 1 rings (SSSR count). The number of methoxy groups -OCH3 is 1. The van der Waals surface area contributed by atoms with E-state index in [1.54, 1.807) is 13.2 Å². The van der Waals surface area contributed by atoms with E-state index in [1.165, 1.54) is 0 Å². The molecule has 2 N–H and O–H groups in total. The third-order valence-electron chi connectivity index (χ3n) is 3.19. The minimum absolute atomic E-state index is 0.102. The fourth-order valence-electron chi connectivity index (χ4n) is 1.74. The summed E-state index contributed by atoms with van der Waals surface area (Å²) in [7, 11) is 1.56. The third-order valence-corrected chi connectivity index (χ3v) is 3.19. The molecule has 0 bridgehead atoms. The van der Waals surface area contributed by atoms with E-state index in [4.69, 9.17) is 4.74 Å². The minimum Gasteiger partial charge on any atom is -0.504 e. The van der Waals surface area contributed by atoms with E-state index in [9.17, 15) is 5.11 Å². The zero-order valence-corrected chi connectivity index (χ0v) is 11.4. The third kappa shape index (κ3) is 3.63. The van der Waals surface area contributed by atoms with Gasteiger partial charge >= 0.3 is 0 Å². The Kier molecular flexibility index (Phi) is 4.40. The van der Waals surface area contributed by atoms with E-state index in [2.05, 4.69) is 33.0 Å². The highest BCUT2D eigenvalue weighted by atomic mass is 16.5. The molecule has 3 heteroatoms. The van der Waals surface area contributed by atoms with E-state index in [0.717, 1.165) is 12.0 Å². The lowest BCUT2D eigenvalue weighted by Crippen LogP contribution is -2.40. The topological polar surface area (TPSA) is 41.5 Å². The van der Waals surface area contributed by atoms with Crippen molar-refractivity contribution in [2.75, 3.05) is 7.11 Å². The van der Waals surface area contributed by atoms with E-state index >= 15 is 0 Å². The first-order valence-corrected chi connectivity index (χ1v) is 6.04. The molecule has 0 radical (unpaired) electrons. The average molecular weight is 237 g/mol. The van der Waals surface area contributed by atoms with Gasteiger partial charge in [-0.25, -0.2) is 0 Å². The molecule has 0 aliphatic carbocycles. The number of hydrogen-bond acceptors (Lipinski definition) is 3. The molecule has 0 saturated carbocycles. The summed E-state index contributed by atoms with van der Waals surface area (Å²) in [5.74, 6) is 0.698. The molecule has 0 saturated heterocycles. The van der Waals surface area contributed by atoms with Crippen LogP contribution in [0.5, 0.6) is 11.5 Å².